The summed E-state index contributed by atoms with van der Waals surface area (Å²) in [7, 11) is 0. The highest BCUT2D eigenvalue weighted by atomic mass is 19.4. The Morgan fingerprint density at radius 1 is 0.617 bits per heavy atom. The van der Waals surface area contributed by atoms with Crippen LogP contribution in [0, 0.1) is 17.5 Å². The molecular weight excluding hydrogens is 632 g/mol. The summed E-state index contributed by atoms with van der Waals surface area (Å²) in [5, 5.41) is 0. The third kappa shape index (κ3) is 8.24. The maximum atomic E-state index is 15.1. The average Bonchev–Trinajstić information content (AvgIpc) is 3.02. The SMILES string of the molecule is CCCCCc1cnc(-c2ccc(-c3ccc(C(F)(F)Oc4ccc(-c5ccc(OC(F)(F)F)c(F)c5)c(F)c4)cc3)c(F)c2)nc1. The molecule has 0 aliphatic heterocycles. The molecule has 244 valence electrons. The summed E-state index contributed by atoms with van der Waals surface area (Å²) in [6.45, 7) is 2.12. The van der Waals surface area contributed by atoms with Gasteiger partial charge in [-0.25, -0.2) is 23.1 Å². The molecule has 0 radical (unpaired) electrons. The zero-order chi connectivity index (χ0) is 33.8. The molecule has 47 heavy (non-hydrogen) atoms. The largest absolute Gasteiger partial charge is 0.573 e. The summed E-state index contributed by atoms with van der Waals surface area (Å²) >= 11 is 0. The Labute approximate surface area is 264 Å². The molecule has 12 heteroatoms. The molecule has 4 aromatic carbocycles. The molecular formula is C35H26F8N2O2. The normalized spacial score (nSPS) is 11.9. The van der Waals surface area contributed by atoms with Crippen LogP contribution in [0.15, 0.2) is 91.3 Å². The molecule has 0 saturated heterocycles. The molecule has 5 aromatic rings. The Hall–Kier alpha value is -5.00. The molecule has 0 aliphatic carbocycles. The fourth-order valence-electron chi connectivity index (χ4n) is 4.82. The van der Waals surface area contributed by atoms with E-state index in [1.165, 1.54) is 24.3 Å². The first-order valence-corrected chi connectivity index (χ1v) is 14.5. The predicted molar refractivity (Wildman–Crippen MR) is 159 cm³/mol. The number of aromatic nitrogens is 2. The topological polar surface area (TPSA) is 44.2 Å². The van der Waals surface area contributed by atoms with Gasteiger partial charge in [0.2, 0.25) is 0 Å². The lowest BCUT2D eigenvalue weighted by molar-refractivity contribution is -0.275. The van der Waals surface area contributed by atoms with Crippen molar-refractivity contribution < 1.29 is 44.6 Å². The van der Waals surface area contributed by atoms with E-state index < -0.39 is 47.0 Å². The number of halogens is 8. The summed E-state index contributed by atoms with van der Waals surface area (Å²) in [5.41, 5.74) is 0.888. The first kappa shape index (κ1) is 33.4. The summed E-state index contributed by atoms with van der Waals surface area (Å²) in [6, 6.07) is 14.0. The van der Waals surface area contributed by atoms with Crippen LogP contribution in [0.2, 0.25) is 0 Å². The lowest BCUT2D eigenvalue weighted by Crippen LogP contribution is -2.21. The molecule has 0 fully saturated rings. The van der Waals surface area contributed by atoms with E-state index in [1.807, 2.05) is 0 Å². The Morgan fingerprint density at radius 3 is 1.83 bits per heavy atom. The molecule has 0 amide bonds. The monoisotopic (exact) mass is 658 g/mol. The summed E-state index contributed by atoms with van der Waals surface area (Å²) < 4.78 is 119. The molecule has 1 heterocycles. The van der Waals surface area contributed by atoms with E-state index in [9.17, 15) is 22.0 Å². The van der Waals surface area contributed by atoms with Crippen LogP contribution in [0.25, 0.3) is 33.6 Å². The lowest BCUT2D eigenvalue weighted by atomic mass is 10.0. The van der Waals surface area contributed by atoms with Gasteiger partial charge in [-0.05, 0) is 72.0 Å². The minimum Gasteiger partial charge on any atom is -0.429 e. The van der Waals surface area contributed by atoms with Gasteiger partial charge in [-0.15, -0.1) is 13.2 Å². The Morgan fingerprint density at radius 2 is 1.21 bits per heavy atom. The van der Waals surface area contributed by atoms with Gasteiger partial charge in [0.15, 0.2) is 17.4 Å². The van der Waals surface area contributed by atoms with Crippen molar-refractivity contribution in [3.05, 3.63) is 120 Å². The molecule has 0 N–H and O–H groups in total. The van der Waals surface area contributed by atoms with Gasteiger partial charge in [0.25, 0.3) is 0 Å². The number of aryl methyl sites for hydroxylation is 1. The Kier molecular flexibility index (Phi) is 9.78. The molecule has 1 aromatic heterocycles. The van der Waals surface area contributed by atoms with Crippen LogP contribution in [-0.2, 0) is 12.5 Å². The Balaban J connectivity index is 1.27. The molecule has 0 saturated carbocycles. The standard InChI is InChI=1S/C35H26F8N2O2/c1-2-3-4-5-21-19-44-33(45-20-21)24-8-13-27(29(36)17-24)22-6-10-25(11-7-22)34(39,40)46-26-12-14-28(30(37)18-26)23-9-15-32(31(38)16-23)47-35(41,42)43/h6-20H,2-5H2,1H3. The smallest absolute Gasteiger partial charge is 0.429 e. The van der Waals surface area contributed by atoms with Gasteiger partial charge >= 0.3 is 12.5 Å². The third-order valence-corrected chi connectivity index (χ3v) is 7.19. The molecule has 0 atom stereocenters. The van der Waals surface area contributed by atoms with E-state index in [-0.39, 0.29) is 16.7 Å². The lowest BCUT2D eigenvalue weighted by Gasteiger charge is -2.19. The first-order valence-electron chi connectivity index (χ1n) is 14.5. The van der Waals surface area contributed by atoms with Crippen molar-refractivity contribution in [2.75, 3.05) is 0 Å². The van der Waals surface area contributed by atoms with E-state index in [1.54, 1.807) is 18.5 Å². The Bertz CT molecular complexity index is 1840. The summed E-state index contributed by atoms with van der Waals surface area (Å²) in [6.07, 6.45) is -1.54. The average molecular weight is 659 g/mol. The second kappa shape index (κ2) is 13.8. The van der Waals surface area contributed by atoms with Gasteiger partial charge in [-0.3, -0.25) is 0 Å². The van der Waals surface area contributed by atoms with Gasteiger partial charge in [0.1, 0.15) is 17.4 Å². The molecule has 0 aliphatic rings. The third-order valence-electron chi connectivity index (χ3n) is 7.19. The van der Waals surface area contributed by atoms with Crippen LogP contribution >= 0.6 is 0 Å². The summed E-state index contributed by atoms with van der Waals surface area (Å²) in [5.74, 6) is -4.43. The highest BCUT2D eigenvalue weighted by Crippen LogP contribution is 2.36. The minimum absolute atomic E-state index is 0.160. The molecule has 0 unspecified atom stereocenters. The fraction of sp³-hybridized carbons (Fsp3) is 0.200. The van der Waals surface area contributed by atoms with Crippen molar-refractivity contribution in [1.29, 1.82) is 0 Å². The maximum Gasteiger partial charge on any atom is 0.573 e. The minimum atomic E-state index is -5.13. The van der Waals surface area contributed by atoms with Crippen molar-refractivity contribution in [3.8, 4) is 45.1 Å². The van der Waals surface area contributed by atoms with Crippen molar-refractivity contribution in [3.63, 3.8) is 0 Å². The van der Waals surface area contributed by atoms with Gasteiger partial charge in [-0.1, -0.05) is 50.1 Å². The van der Waals surface area contributed by atoms with Crippen molar-refractivity contribution in [2.45, 2.75) is 45.1 Å². The zero-order valence-corrected chi connectivity index (χ0v) is 24.7. The van der Waals surface area contributed by atoms with E-state index >= 15 is 13.2 Å². The van der Waals surface area contributed by atoms with Crippen LogP contribution in [0.5, 0.6) is 11.5 Å². The second-order valence-electron chi connectivity index (χ2n) is 10.6. The van der Waals surface area contributed by atoms with Crippen molar-refractivity contribution in [2.24, 2.45) is 0 Å². The van der Waals surface area contributed by atoms with Gasteiger partial charge < -0.3 is 9.47 Å². The van der Waals surface area contributed by atoms with Crippen LogP contribution in [-0.4, -0.2) is 16.3 Å². The molecule has 0 spiro atoms. The van der Waals surface area contributed by atoms with Crippen LogP contribution in [0.1, 0.15) is 37.3 Å². The maximum absolute atomic E-state index is 15.1. The number of hydrogen-bond acceptors (Lipinski definition) is 4. The van der Waals surface area contributed by atoms with Crippen molar-refractivity contribution in [1.82, 2.24) is 9.97 Å². The quantitative estimate of drug-likeness (QED) is 0.105. The van der Waals surface area contributed by atoms with Gasteiger partial charge in [0.05, 0.1) is 5.56 Å². The van der Waals surface area contributed by atoms with E-state index in [0.717, 1.165) is 61.6 Å². The molecule has 0 bridgehead atoms. The van der Waals surface area contributed by atoms with Crippen molar-refractivity contribution >= 4 is 0 Å². The van der Waals surface area contributed by atoms with E-state index in [0.29, 0.717) is 35.2 Å². The fourth-order valence-corrected chi connectivity index (χ4v) is 4.82. The van der Waals surface area contributed by atoms with Gasteiger partial charge in [-0.2, -0.15) is 8.78 Å². The first-order chi connectivity index (χ1) is 22.3. The number of nitrogens with zero attached hydrogens (tertiary/aromatic N) is 2. The zero-order valence-electron chi connectivity index (χ0n) is 24.7. The van der Waals surface area contributed by atoms with E-state index in [4.69, 9.17) is 4.74 Å². The molecule has 5 rings (SSSR count). The molecule has 4 nitrogen and oxygen atoms in total. The number of hydrogen-bond donors (Lipinski definition) is 0. The van der Waals surface area contributed by atoms with Crippen LogP contribution < -0.4 is 9.47 Å². The number of unbranched alkanes of at least 4 members (excludes halogenated alkanes) is 2. The van der Waals surface area contributed by atoms with Crippen LogP contribution in [0.4, 0.5) is 35.1 Å². The van der Waals surface area contributed by atoms with Crippen LogP contribution in [0.3, 0.4) is 0 Å². The second-order valence-corrected chi connectivity index (χ2v) is 10.6. The predicted octanol–water partition coefficient (Wildman–Crippen LogP) is 10.7. The number of alkyl halides is 5. The highest BCUT2D eigenvalue weighted by Gasteiger charge is 2.35. The number of benzene rings is 4. The summed E-state index contributed by atoms with van der Waals surface area (Å²) in [4.78, 5) is 8.67. The van der Waals surface area contributed by atoms with E-state index in [2.05, 4.69) is 21.6 Å². The van der Waals surface area contributed by atoms with Gasteiger partial charge in [0, 0.05) is 35.2 Å². The highest BCUT2D eigenvalue weighted by molar-refractivity contribution is 5.69. The number of ether oxygens (including phenoxy) is 2. The number of rotatable bonds is 11.